The second-order valence-electron chi connectivity index (χ2n) is 3.10. The Balaban J connectivity index is 2.46. The Bertz CT molecular complexity index is 568. The maximum atomic E-state index is 12.1. The predicted octanol–water partition coefficient (Wildman–Crippen LogP) is 3.61. The summed E-state index contributed by atoms with van der Waals surface area (Å²) >= 11 is 4.57. The molecule has 0 spiro atoms. The molecule has 2 rings (SSSR count). The summed E-state index contributed by atoms with van der Waals surface area (Å²) in [5.41, 5.74) is 1.03. The molecule has 4 heteroatoms. The van der Waals surface area contributed by atoms with E-state index >= 15 is 0 Å². The normalized spacial score (nSPS) is 9.75. The number of halogens is 1. The van der Waals surface area contributed by atoms with Crippen LogP contribution in [0.15, 0.2) is 40.2 Å². The first-order chi connectivity index (χ1) is 7.72. The number of rotatable bonds is 2. The highest BCUT2D eigenvalue weighted by molar-refractivity contribution is 9.11. The minimum Gasteiger partial charge on any atom is -0.288 e. The molecule has 0 N–H and O–H groups in total. The minimum absolute atomic E-state index is 0.104. The van der Waals surface area contributed by atoms with Crippen LogP contribution in [-0.2, 0) is 0 Å². The fraction of sp³-hybridized carbons (Fsp3) is 0. The van der Waals surface area contributed by atoms with E-state index in [0.29, 0.717) is 16.0 Å². The van der Waals surface area contributed by atoms with Crippen LogP contribution in [0.5, 0.6) is 0 Å². The average Bonchev–Trinajstić information content (AvgIpc) is 2.70. The summed E-state index contributed by atoms with van der Waals surface area (Å²) in [4.78, 5) is 12.6. The van der Waals surface area contributed by atoms with Crippen molar-refractivity contribution in [2.75, 3.05) is 0 Å². The Morgan fingerprint density at radius 2 is 2.00 bits per heavy atom. The molecule has 0 atom stereocenters. The quantitative estimate of drug-likeness (QED) is 0.793. The third-order valence-corrected chi connectivity index (χ3v) is 3.70. The van der Waals surface area contributed by atoms with Crippen LogP contribution >= 0.6 is 27.3 Å². The fourth-order valence-electron chi connectivity index (χ4n) is 1.33. The van der Waals surface area contributed by atoms with Crippen molar-refractivity contribution in [1.82, 2.24) is 0 Å². The molecule has 0 aliphatic carbocycles. The van der Waals surface area contributed by atoms with Crippen molar-refractivity contribution in [2.24, 2.45) is 0 Å². The van der Waals surface area contributed by atoms with Gasteiger partial charge in [0, 0.05) is 5.56 Å². The molecule has 16 heavy (non-hydrogen) atoms. The molecular formula is C12H6BrNOS. The zero-order valence-electron chi connectivity index (χ0n) is 8.11. The van der Waals surface area contributed by atoms with Gasteiger partial charge in [-0.3, -0.25) is 4.79 Å². The van der Waals surface area contributed by atoms with Gasteiger partial charge < -0.3 is 0 Å². The summed E-state index contributed by atoms with van der Waals surface area (Å²) in [6.45, 7) is 0. The van der Waals surface area contributed by atoms with Crippen LogP contribution < -0.4 is 0 Å². The third kappa shape index (κ3) is 2.06. The van der Waals surface area contributed by atoms with Gasteiger partial charge in [0.15, 0.2) is 0 Å². The highest BCUT2D eigenvalue weighted by Crippen LogP contribution is 2.28. The van der Waals surface area contributed by atoms with E-state index < -0.39 is 0 Å². The molecule has 2 aromatic rings. The number of nitrogens with zero attached hydrogens (tertiary/aromatic N) is 1. The summed E-state index contributed by atoms with van der Waals surface area (Å²) in [5, 5.41) is 8.91. The summed E-state index contributed by atoms with van der Waals surface area (Å²) in [7, 11) is 0. The van der Waals surface area contributed by atoms with Crippen LogP contribution in [0.2, 0.25) is 0 Å². The lowest BCUT2D eigenvalue weighted by Crippen LogP contribution is -1.99. The van der Waals surface area contributed by atoms with Crippen LogP contribution in [0.3, 0.4) is 0 Å². The Labute approximate surface area is 105 Å². The number of thiophene rings is 1. The van der Waals surface area contributed by atoms with Crippen LogP contribution in [0.1, 0.15) is 20.8 Å². The van der Waals surface area contributed by atoms with Crippen molar-refractivity contribution >= 4 is 33.0 Å². The second kappa shape index (κ2) is 4.60. The first kappa shape index (κ1) is 11.1. The summed E-state index contributed by atoms with van der Waals surface area (Å²) in [6, 6.07) is 12.7. The smallest absolute Gasteiger partial charge is 0.204 e. The molecular weight excluding hydrogens is 286 g/mol. The molecule has 0 radical (unpaired) electrons. The molecule has 0 amide bonds. The lowest BCUT2D eigenvalue weighted by atomic mass is 10.1. The number of benzene rings is 1. The van der Waals surface area contributed by atoms with Gasteiger partial charge in [-0.2, -0.15) is 5.26 Å². The van der Waals surface area contributed by atoms with Gasteiger partial charge in [0.1, 0.15) is 6.07 Å². The van der Waals surface area contributed by atoms with E-state index in [0.717, 1.165) is 3.79 Å². The molecule has 1 aromatic carbocycles. The van der Waals surface area contributed by atoms with Crippen molar-refractivity contribution in [3.63, 3.8) is 0 Å². The maximum absolute atomic E-state index is 12.1. The lowest BCUT2D eigenvalue weighted by molar-refractivity contribution is 0.104. The Morgan fingerprint density at radius 1 is 1.31 bits per heavy atom. The summed E-state index contributed by atoms with van der Waals surface area (Å²) < 4.78 is 0.795. The number of hydrogen-bond donors (Lipinski definition) is 0. The SMILES string of the molecule is N#Cc1cc(Br)sc1C(=O)c1ccccc1. The summed E-state index contributed by atoms with van der Waals surface area (Å²) in [6.07, 6.45) is 0. The van der Waals surface area contributed by atoms with Gasteiger partial charge in [-0.15, -0.1) is 11.3 Å². The van der Waals surface area contributed by atoms with E-state index in [1.165, 1.54) is 11.3 Å². The zero-order valence-corrected chi connectivity index (χ0v) is 10.5. The maximum Gasteiger partial charge on any atom is 0.204 e. The topological polar surface area (TPSA) is 40.9 Å². The van der Waals surface area contributed by atoms with Crippen LogP contribution in [0, 0.1) is 11.3 Å². The zero-order chi connectivity index (χ0) is 11.5. The number of ketones is 1. The Hall–Kier alpha value is -1.44. The van der Waals surface area contributed by atoms with E-state index in [-0.39, 0.29) is 5.78 Å². The van der Waals surface area contributed by atoms with Gasteiger partial charge in [-0.25, -0.2) is 0 Å². The number of nitriles is 1. The van der Waals surface area contributed by atoms with Gasteiger partial charge in [0.05, 0.1) is 14.2 Å². The van der Waals surface area contributed by atoms with E-state index in [2.05, 4.69) is 15.9 Å². The largest absolute Gasteiger partial charge is 0.288 e. The number of carbonyl (C=O) groups is 1. The molecule has 0 fully saturated rings. The highest BCUT2D eigenvalue weighted by Gasteiger charge is 2.16. The van der Waals surface area contributed by atoms with Gasteiger partial charge in [-0.1, -0.05) is 30.3 Å². The molecule has 78 valence electrons. The van der Waals surface area contributed by atoms with Crippen molar-refractivity contribution in [3.05, 3.63) is 56.2 Å². The van der Waals surface area contributed by atoms with Crippen LogP contribution in [-0.4, -0.2) is 5.78 Å². The van der Waals surface area contributed by atoms with Gasteiger partial charge >= 0.3 is 0 Å². The lowest BCUT2D eigenvalue weighted by Gasteiger charge is -1.97. The second-order valence-corrected chi connectivity index (χ2v) is 5.53. The van der Waals surface area contributed by atoms with Crippen molar-refractivity contribution < 1.29 is 4.79 Å². The molecule has 0 unspecified atom stereocenters. The molecule has 0 saturated heterocycles. The van der Waals surface area contributed by atoms with Crippen molar-refractivity contribution in [3.8, 4) is 6.07 Å². The standard InChI is InChI=1S/C12H6BrNOS/c13-10-6-9(7-14)12(16-10)11(15)8-4-2-1-3-5-8/h1-6H. The molecule has 1 aromatic heterocycles. The van der Waals surface area contributed by atoms with Crippen molar-refractivity contribution in [2.45, 2.75) is 0 Å². The van der Waals surface area contributed by atoms with E-state index in [4.69, 9.17) is 5.26 Å². The minimum atomic E-state index is -0.104. The Kier molecular flexibility index (Phi) is 3.18. The van der Waals surface area contributed by atoms with Gasteiger partial charge in [0.25, 0.3) is 0 Å². The summed E-state index contributed by atoms with van der Waals surface area (Å²) in [5.74, 6) is -0.104. The monoisotopic (exact) mass is 291 g/mol. The molecule has 0 aliphatic heterocycles. The van der Waals surface area contributed by atoms with E-state index in [1.54, 1.807) is 18.2 Å². The van der Waals surface area contributed by atoms with E-state index in [9.17, 15) is 4.79 Å². The van der Waals surface area contributed by atoms with E-state index in [1.807, 2.05) is 24.3 Å². The molecule has 0 bridgehead atoms. The average molecular weight is 292 g/mol. The van der Waals surface area contributed by atoms with Crippen molar-refractivity contribution in [1.29, 1.82) is 5.26 Å². The van der Waals surface area contributed by atoms with Crippen LogP contribution in [0.25, 0.3) is 0 Å². The molecule has 0 saturated carbocycles. The highest BCUT2D eigenvalue weighted by atomic mass is 79.9. The van der Waals surface area contributed by atoms with Gasteiger partial charge in [-0.05, 0) is 22.0 Å². The first-order valence-electron chi connectivity index (χ1n) is 4.51. The van der Waals surface area contributed by atoms with Gasteiger partial charge in [0.2, 0.25) is 5.78 Å². The number of carbonyl (C=O) groups excluding carboxylic acids is 1. The number of hydrogen-bond acceptors (Lipinski definition) is 3. The molecule has 2 nitrogen and oxygen atoms in total. The third-order valence-electron chi connectivity index (χ3n) is 2.06. The fourth-order valence-corrected chi connectivity index (χ4v) is 2.84. The molecule has 0 aliphatic rings. The first-order valence-corrected chi connectivity index (χ1v) is 6.12. The van der Waals surface area contributed by atoms with Crippen LogP contribution in [0.4, 0.5) is 0 Å². The predicted molar refractivity (Wildman–Crippen MR) is 66.6 cm³/mol. The molecule has 1 heterocycles. The Morgan fingerprint density at radius 3 is 2.62 bits per heavy atom.